The fraction of sp³-hybridized carbons (Fsp3) is 0.0556. The van der Waals surface area contributed by atoms with Crippen molar-refractivity contribution in [1.82, 2.24) is 9.55 Å². The summed E-state index contributed by atoms with van der Waals surface area (Å²) in [4.78, 5) is 18.5. The molecule has 0 aliphatic rings. The third kappa shape index (κ3) is 5.19. The van der Waals surface area contributed by atoms with Crippen LogP contribution in [-0.4, -0.2) is 19.8 Å². The molecular weight excluding hydrogens is 508 g/mol. The van der Waals surface area contributed by atoms with E-state index in [1.165, 1.54) is 29.1 Å². The van der Waals surface area contributed by atoms with E-state index >= 15 is 0 Å². The van der Waals surface area contributed by atoms with Crippen LogP contribution >= 0.6 is 0 Å². The summed E-state index contributed by atoms with van der Waals surface area (Å²) in [5.41, 5.74) is 5.30. The highest BCUT2D eigenvalue weighted by molar-refractivity contribution is 5.84. The summed E-state index contributed by atoms with van der Waals surface area (Å²) in [6, 6.07) is 29.8. The van der Waals surface area contributed by atoms with E-state index in [0.717, 1.165) is 22.1 Å². The number of aromatic nitrogens is 2. The Balaban J connectivity index is 1.41. The van der Waals surface area contributed by atoms with Gasteiger partial charge in [0.05, 0.1) is 16.6 Å². The zero-order valence-electron chi connectivity index (χ0n) is 22.6. The van der Waals surface area contributed by atoms with E-state index in [-0.39, 0.29) is 17.1 Å². The molecule has 0 atom stereocenters. The first kappa shape index (κ1) is 25.7. The maximum absolute atomic E-state index is 13.7. The number of aromatic hydroxyl groups is 2. The van der Waals surface area contributed by atoms with Crippen LogP contribution < -0.4 is 5.56 Å². The van der Waals surface area contributed by atoms with Crippen molar-refractivity contribution in [2.45, 2.75) is 13.8 Å². The molecule has 2 N–H and O–H groups in total. The second-order valence-electron chi connectivity index (χ2n) is 10.0. The summed E-state index contributed by atoms with van der Waals surface area (Å²) in [5.74, 6) is 6.95. The Morgan fingerprint density at radius 1 is 0.756 bits per heavy atom. The van der Waals surface area contributed by atoms with Crippen LogP contribution in [0.1, 0.15) is 33.6 Å². The summed E-state index contributed by atoms with van der Waals surface area (Å²) in [7, 11) is 0. The van der Waals surface area contributed by atoms with Crippen molar-refractivity contribution in [3.63, 3.8) is 0 Å². The lowest BCUT2D eigenvalue weighted by atomic mass is 10.0. The summed E-state index contributed by atoms with van der Waals surface area (Å²) in [5, 5.41) is 22.9. The molecule has 0 aliphatic carbocycles. The molecule has 0 bridgehead atoms. The van der Waals surface area contributed by atoms with Crippen molar-refractivity contribution in [3.8, 4) is 29.0 Å². The quantitative estimate of drug-likeness (QED) is 0.187. The van der Waals surface area contributed by atoms with E-state index in [4.69, 9.17) is 4.98 Å². The molecule has 5 aromatic carbocycles. The van der Waals surface area contributed by atoms with Crippen LogP contribution in [0.4, 0.5) is 0 Å². The third-order valence-electron chi connectivity index (χ3n) is 7.01. The molecule has 0 saturated heterocycles. The number of phenols is 2. The maximum Gasteiger partial charge on any atom is 0.266 e. The number of para-hydroxylation sites is 1. The fourth-order valence-electron chi connectivity index (χ4n) is 4.91. The minimum absolute atomic E-state index is 0.00868. The number of phenolic OH excluding ortho intramolecular Hbond substituents is 2. The summed E-state index contributed by atoms with van der Waals surface area (Å²) in [6.45, 7) is 4.02. The molecule has 0 radical (unpaired) electrons. The molecule has 5 heteroatoms. The van der Waals surface area contributed by atoms with Crippen molar-refractivity contribution in [2.24, 2.45) is 0 Å². The van der Waals surface area contributed by atoms with Gasteiger partial charge in [0.15, 0.2) is 0 Å². The second-order valence-corrected chi connectivity index (χ2v) is 10.0. The molecule has 198 valence electrons. The zero-order chi connectivity index (χ0) is 28.5. The van der Waals surface area contributed by atoms with Crippen LogP contribution in [-0.2, 0) is 0 Å². The van der Waals surface area contributed by atoms with Gasteiger partial charge >= 0.3 is 0 Å². The molecule has 0 aliphatic heterocycles. The SMILES string of the molecule is Cc1ccc2cc(C#Cc3ccc(-n4c(/C=C/c5cc(O)ccc5O)nc5ccccc5c4=O)c(C)c3)ccc2c1. The van der Waals surface area contributed by atoms with Gasteiger partial charge in [0, 0.05) is 16.7 Å². The number of rotatable bonds is 3. The molecule has 0 unspecified atom stereocenters. The van der Waals surface area contributed by atoms with Crippen LogP contribution in [0.25, 0.3) is 39.5 Å². The molecule has 1 aromatic heterocycles. The average molecular weight is 535 g/mol. The number of hydrogen-bond acceptors (Lipinski definition) is 4. The lowest BCUT2D eigenvalue weighted by molar-refractivity contribution is 0.459. The van der Waals surface area contributed by atoms with Crippen LogP contribution in [0.2, 0.25) is 0 Å². The van der Waals surface area contributed by atoms with Gasteiger partial charge in [-0.3, -0.25) is 9.36 Å². The van der Waals surface area contributed by atoms with E-state index in [2.05, 4.69) is 49.1 Å². The molecule has 0 fully saturated rings. The molecule has 0 amide bonds. The maximum atomic E-state index is 13.7. The Morgan fingerprint density at radius 3 is 2.32 bits per heavy atom. The molecule has 6 rings (SSSR count). The predicted octanol–water partition coefficient (Wildman–Crippen LogP) is 7.14. The molecule has 0 spiro atoms. The Bertz CT molecular complexity index is 2130. The minimum atomic E-state index is -0.205. The molecule has 1 heterocycles. The van der Waals surface area contributed by atoms with Gasteiger partial charge in [-0.25, -0.2) is 4.98 Å². The Hall–Kier alpha value is -5.60. The third-order valence-corrected chi connectivity index (χ3v) is 7.01. The van der Waals surface area contributed by atoms with E-state index in [0.29, 0.717) is 28.0 Å². The number of nitrogens with zero attached hydrogens (tertiary/aromatic N) is 2. The van der Waals surface area contributed by atoms with Gasteiger partial charge in [0.25, 0.3) is 5.56 Å². The zero-order valence-corrected chi connectivity index (χ0v) is 22.6. The summed E-state index contributed by atoms with van der Waals surface area (Å²) >= 11 is 0. The Labute approximate surface area is 237 Å². The first-order chi connectivity index (χ1) is 19.9. The van der Waals surface area contributed by atoms with E-state index in [1.807, 2.05) is 43.3 Å². The fourth-order valence-corrected chi connectivity index (χ4v) is 4.91. The van der Waals surface area contributed by atoms with Crippen LogP contribution in [0.3, 0.4) is 0 Å². The second kappa shape index (κ2) is 10.5. The van der Waals surface area contributed by atoms with E-state index < -0.39 is 0 Å². The van der Waals surface area contributed by atoms with Gasteiger partial charge in [-0.1, -0.05) is 53.8 Å². The number of hydrogen-bond donors (Lipinski definition) is 2. The van der Waals surface area contributed by atoms with Crippen LogP contribution in [0.5, 0.6) is 11.5 Å². The monoisotopic (exact) mass is 534 g/mol. The summed E-state index contributed by atoms with van der Waals surface area (Å²) < 4.78 is 1.57. The van der Waals surface area contributed by atoms with Crippen molar-refractivity contribution in [2.75, 3.05) is 0 Å². The van der Waals surface area contributed by atoms with Crippen molar-refractivity contribution in [3.05, 3.63) is 141 Å². The molecule has 0 saturated carbocycles. The number of aryl methyl sites for hydroxylation is 2. The van der Waals surface area contributed by atoms with Crippen molar-refractivity contribution in [1.29, 1.82) is 0 Å². The van der Waals surface area contributed by atoms with Crippen molar-refractivity contribution >= 4 is 33.8 Å². The highest BCUT2D eigenvalue weighted by Crippen LogP contribution is 2.25. The highest BCUT2D eigenvalue weighted by atomic mass is 16.3. The van der Waals surface area contributed by atoms with E-state index in [9.17, 15) is 15.0 Å². The number of benzene rings is 5. The smallest absolute Gasteiger partial charge is 0.266 e. The van der Waals surface area contributed by atoms with Gasteiger partial charge in [0.1, 0.15) is 17.3 Å². The standard InChI is InChI=1S/C36H26N2O3/c1-23-7-12-28-21-26(10-13-27(28)19-23)9-8-25-11-16-33(24(2)20-25)38-35(18-14-29-22-30(39)15-17-34(29)40)37-32-6-4-3-5-31(32)36(38)41/h3-7,10-22,39-40H,1-2H3/b18-14+. The highest BCUT2D eigenvalue weighted by Gasteiger charge is 2.13. The van der Waals surface area contributed by atoms with Gasteiger partial charge in [0.2, 0.25) is 0 Å². The van der Waals surface area contributed by atoms with Crippen LogP contribution in [0.15, 0.2) is 102 Å². The van der Waals surface area contributed by atoms with Gasteiger partial charge in [-0.15, -0.1) is 0 Å². The largest absolute Gasteiger partial charge is 0.508 e. The Kier molecular flexibility index (Phi) is 6.58. The molecular formula is C36H26N2O3. The first-order valence-corrected chi connectivity index (χ1v) is 13.2. The topological polar surface area (TPSA) is 75.3 Å². The predicted molar refractivity (Wildman–Crippen MR) is 165 cm³/mol. The lowest BCUT2D eigenvalue weighted by Gasteiger charge is -2.14. The minimum Gasteiger partial charge on any atom is -0.508 e. The van der Waals surface area contributed by atoms with Gasteiger partial charge in [-0.05, 0) is 103 Å². The first-order valence-electron chi connectivity index (χ1n) is 13.2. The average Bonchev–Trinajstić information content (AvgIpc) is 2.97. The Morgan fingerprint density at radius 2 is 1.49 bits per heavy atom. The van der Waals surface area contributed by atoms with Gasteiger partial charge < -0.3 is 10.2 Å². The van der Waals surface area contributed by atoms with E-state index in [1.54, 1.807) is 28.9 Å². The normalized spacial score (nSPS) is 11.2. The molecule has 6 aromatic rings. The van der Waals surface area contributed by atoms with Crippen LogP contribution in [0, 0.1) is 25.7 Å². The lowest BCUT2D eigenvalue weighted by Crippen LogP contribution is -2.23. The van der Waals surface area contributed by atoms with Crippen molar-refractivity contribution < 1.29 is 10.2 Å². The summed E-state index contributed by atoms with van der Waals surface area (Å²) in [6.07, 6.45) is 3.29. The molecule has 41 heavy (non-hydrogen) atoms. The van der Waals surface area contributed by atoms with Gasteiger partial charge in [-0.2, -0.15) is 0 Å². The molecule has 5 nitrogen and oxygen atoms in total. The number of fused-ring (bicyclic) bond motifs is 2.